The number of anilines is 1. The normalized spacial score (nSPS) is 24.9. The molecule has 12 heteroatoms. The van der Waals surface area contributed by atoms with Gasteiger partial charge < -0.3 is 20.1 Å². The smallest absolute Gasteiger partial charge is 0.319 e. The van der Waals surface area contributed by atoms with Gasteiger partial charge in [-0.2, -0.15) is 18.7 Å². The highest BCUT2D eigenvalue weighted by atomic mass is 19.3. The third-order valence-electron chi connectivity index (χ3n) is 9.66. The highest BCUT2D eigenvalue weighted by Crippen LogP contribution is 2.45. The van der Waals surface area contributed by atoms with E-state index in [1.54, 1.807) is 4.90 Å². The van der Waals surface area contributed by atoms with Gasteiger partial charge in [0, 0.05) is 61.0 Å². The predicted molar refractivity (Wildman–Crippen MR) is 169 cm³/mol. The van der Waals surface area contributed by atoms with Gasteiger partial charge in [0.05, 0.1) is 19.2 Å². The quantitative estimate of drug-likeness (QED) is 0.163. The Morgan fingerprint density at radius 1 is 1.17 bits per heavy atom. The number of halogens is 4. The SMILES string of the molecule is [2H]C([2H])(Oc1nc(N2C[C@H]3CC[C@@H](C2)N3)c2cnc(-c3cc(O)cc4ccc(F)c(C#C)c34)c(F)c2n1)C12CC(=C)CN1CC(=C(F)F)C2. The predicted octanol–water partition coefficient (Wildman–Crippen LogP) is 5.68. The Labute approximate surface area is 270 Å². The molecule has 240 valence electrons. The van der Waals surface area contributed by atoms with Crippen molar-refractivity contribution in [1.82, 2.24) is 25.2 Å². The van der Waals surface area contributed by atoms with Crippen molar-refractivity contribution in [3.63, 3.8) is 0 Å². The van der Waals surface area contributed by atoms with Crippen LogP contribution in [0.2, 0.25) is 0 Å². The molecule has 8 rings (SSSR count). The fourth-order valence-corrected chi connectivity index (χ4v) is 7.65. The van der Waals surface area contributed by atoms with E-state index in [0.717, 1.165) is 18.9 Å². The molecule has 0 radical (unpaired) electrons. The molecule has 4 fully saturated rings. The molecular formula is C35H30F4N6O2. The third kappa shape index (κ3) is 4.87. The molecule has 2 bridgehead atoms. The Morgan fingerprint density at radius 2 is 1.96 bits per heavy atom. The lowest BCUT2D eigenvalue weighted by molar-refractivity contribution is 0.108. The summed E-state index contributed by atoms with van der Waals surface area (Å²) in [5.74, 6) is 0.696. The Kier molecular flexibility index (Phi) is 6.37. The Bertz CT molecular complexity index is 2160. The van der Waals surface area contributed by atoms with Crippen LogP contribution in [0, 0.1) is 24.0 Å². The molecule has 4 aliphatic heterocycles. The highest BCUT2D eigenvalue weighted by Gasteiger charge is 2.50. The Hall–Kier alpha value is -4.73. The number of phenolic OH excluding ortho intramolecular Hbond substituents is 1. The minimum absolute atomic E-state index is 0.0255. The van der Waals surface area contributed by atoms with Gasteiger partial charge in [0.25, 0.3) is 6.08 Å². The topological polar surface area (TPSA) is 86.6 Å². The number of terminal acetylenes is 1. The van der Waals surface area contributed by atoms with Gasteiger partial charge in [-0.05, 0) is 49.3 Å². The molecule has 1 unspecified atom stereocenters. The molecule has 0 aliphatic carbocycles. The van der Waals surface area contributed by atoms with Gasteiger partial charge in [-0.1, -0.05) is 24.1 Å². The van der Waals surface area contributed by atoms with Gasteiger partial charge >= 0.3 is 6.01 Å². The Balaban J connectivity index is 1.31. The average molecular weight is 645 g/mol. The van der Waals surface area contributed by atoms with Crippen molar-refractivity contribution >= 4 is 27.5 Å². The molecular weight excluding hydrogens is 612 g/mol. The summed E-state index contributed by atoms with van der Waals surface area (Å²) in [7, 11) is 0. The molecule has 2 aromatic heterocycles. The summed E-state index contributed by atoms with van der Waals surface area (Å²) in [5.41, 5.74) is -1.67. The molecule has 47 heavy (non-hydrogen) atoms. The number of pyridine rings is 1. The first-order valence-electron chi connectivity index (χ1n) is 16.3. The summed E-state index contributed by atoms with van der Waals surface area (Å²) in [5, 5.41) is 14.8. The molecule has 0 saturated carbocycles. The molecule has 6 heterocycles. The van der Waals surface area contributed by atoms with Crippen molar-refractivity contribution < 1.29 is 30.1 Å². The molecule has 3 atom stereocenters. The van der Waals surface area contributed by atoms with E-state index in [1.165, 1.54) is 24.4 Å². The number of hydrogen-bond donors (Lipinski definition) is 2. The van der Waals surface area contributed by atoms with Crippen molar-refractivity contribution in [2.75, 3.05) is 37.6 Å². The van der Waals surface area contributed by atoms with Gasteiger partial charge in [0.2, 0.25) is 0 Å². The summed E-state index contributed by atoms with van der Waals surface area (Å²) in [6.45, 7) is 2.51. The highest BCUT2D eigenvalue weighted by molar-refractivity contribution is 6.03. The first-order valence-corrected chi connectivity index (χ1v) is 15.3. The van der Waals surface area contributed by atoms with Crippen molar-refractivity contribution in [2.45, 2.75) is 43.3 Å². The number of aromatic nitrogens is 3. The van der Waals surface area contributed by atoms with Crippen LogP contribution in [0.25, 0.3) is 32.9 Å². The van der Waals surface area contributed by atoms with Crippen LogP contribution in [0.4, 0.5) is 23.4 Å². The van der Waals surface area contributed by atoms with E-state index < -0.39 is 35.8 Å². The van der Waals surface area contributed by atoms with Crippen LogP contribution in [0.1, 0.15) is 34.0 Å². The number of ether oxygens (including phenoxy) is 1. The number of benzene rings is 2. The molecule has 2 aromatic carbocycles. The van der Waals surface area contributed by atoms with Crippen molar-refractivity contribution in [2.24, 2.45) is 0 Å². The lowest BCUT2D eigenvalue weighted by atomic mass is 9.92. The monoisotopic (exact) mass is 644 g/mol. The molecule has 4 saturated heterocycles. The van der Waals surface area contributed by atoms with E-state index in [2.05, 4.69) is 32.8 Å². The number of phenols is 1. The van der Waals surface area contributed by atoms with Crippen molar-refractivity contribution in [3.8, 4) is 35.4 Å². The van der Waals surface area contributed by atoms with Crippen LogP contribution in [-0.4, -0.2) is 75.3 Å². The van der Waals surface area contributed by atoms with Crippen LogP contribution >= 0.6 is 0 Å². The van der Waals surface area contributed by atoms with E-state index in [-0.39, 0.29) is 88.3 Å². The maximum Gasteiger partial charge on any atom is 0.319 e. The summed E-state index contributed by atoms with van der Waals surface area (Å²) < 4.78 is 83.5. The van der Waals surface area contributed by atoms with Gasteiger partial charge in [-0.25, -0.2) is 8.78 Å². The molecule has 4 aromatic rings. The summed E-state index contributed by atoms with van der Waals surface area (Å²) in [4.78, 5) is 16.9. The standard InChI is InChI=1S/C35H30F4N6O2/c1-3-24-27(36)7-4-19-8-23(46)9-25(28(19)24)30-29(37)31-26(12-40-30)33(44-15-21-5-6-22(16-44)41-21)43-34(42-31)47-17-35-10-18(2)13-45(35)14-20(11-35)32(38)39/h1,4,7-9,12,21-22,41,46H,2,5-6,10-11,13-17H2/t21-,22+,35?/i17D2. The van der Waals surface area contributed by atoms with E-state index in [0.29, 0.717) is 24.0 Å². The van der Waals surface area contributed by atoms with Crippen LogP contribution < -0.4 is 15.0 Å². The molecule has 0 spiro atoms. The maximum atomic E-state index is 16.9. The van der Waals surface area contributed by atoms with Crippen LogP contribution in [0.5, 0.6) is 11.8 Å². The molecule has 0 amide bonds. The van der Waals surface area contributed by atoms with Crippen LogP contribution in [-0.2, 0) is 0 Å². The number of fused-ring (bicyclic) bond motifs is 5. The fourth-order valence-electron chi connectivity index (χ4n) is 7.65. The zero-order valence-electron chi connectivity index (χ0n) is 27.1. The molecule has 8 nitrogen and oxygen atoms in total. The largest absolute Gasteiger partial charge is 0.508 e. The lowest BCUT2D eigenvalue weighted by Crippen LogP contribution is -2.51. The number of piperazine rings is 1. The zero-order chi connectivity index (χ0) is 34.4. The lowest BCUT2D eigenvalue weighted by Gasteiger charge is -2.34. The van der Waals surface area contributed by atoms with E-state index in [1.807, 2.05) is 4.90 Å². The summed E-state index contributed by atoms with van der Waals surface area (Å²) >= 11 is 0. The minimum atomic E-state index is -2.61. The van der Waals surface area contributed by atoms with E-state index in [9.17, 15) is 18.3 Å². The number of nitrogens with one attached hydrogen (secondary N) is 1. The zero-order valence-corrected chi connectivity index (χ0v) is 25.1. The number of hydrogen-bond acceptors (Lipinski definition) is 8. The van der Waals surface area contributed by atoms with Gasteiger partial charge in [-0.3, -0.25) is 9.88 Å². The maximum absolute atomic E-state index is 16.9. The first-order chi connectivity index (χ1) is 23.4. The van der Waals surface area contributed by atoms with E-state index in [4.69, 9.17) is 13.9 Å². The second-order valence-corrected chi connectivity index (χ2v) is 12.8. The average Bonchev–Trinajstić information content (AvgIpc) is 3.70. The van der Waals surface area contributed by atoms with E-state index >= 15 is 4.39 Å². The van der Waals surface area contributed by atoms with Gasteiger partial charge in [0.15, 0.2) is 5.82 Å². The third-order valence-corrected chi connectivity index (χ3v) is 9.66. The summed E-state index contributed by atoms with van der Waals surface area (Å²) in [6, 6.07) is 5.02. The minimum Gasteiger partial charge on any atom is -0.508 e. The van der Waals surface area contributed by atoms with Gasteiger partial charge in [-0.15, -0.1) is 6.42 Å². The van der Waals surface area contributed by atoms with Crippen molar-refractivity contribution in [3.05, 3.63) is 71.5 Å². The molecule has 4 aliphatic rings. The first kappa shape index (κ1) is 27.4. The Morgan fingerprint density at radius 3 is 2.70 bits per heavy atom. The van der Waals surface area contributed by atoms with Crippen LogP contribution in [0.15, 0.2) is 54.3 Å². The number of rotatable bonds is 5. The second kappa shape index (κ2) is 10.9. The summed E-state index contributed by atoms with van der Waals surface area (Å²) in [6.07, 6.45) is 6.84. The van der Waals surface area contributed by atoms with Gasteiger partial charge in [0.1, 0.15) is 35.2 Å². The van der Waals surface area contributed by atoms with Crippen molar-refractivity contribution in [1.29, 1.82) is 0 Å². The van der Waals surface area contributed by atoms with Crippen LogP contribution in [0.3, 0.4) is 0 Å². The molecule has 2 N–H and O–H groups in total. The fraction of sp³-hybridized carbons (Fsp3) is 0.343. The second-order valence-electron chi connectivity index (χ2n) is 12.8. The number of aromatic hydroxyl groups is 1. The number of nitrogens with zero attached hydrogens (tertiary/aromatic N) is 5.